The Balaban J connectivity index is 2.68. The quantitative estimate of drug-likeness (QED) is 0.786. The SMILES string of the molecule is CCC(C)CCc1ccc(C)cc1OCCO. The Morgan fingerprint density at radius 1 is 1.35 bits per heavy atom. The van der Waals surface area contributed by atoms with Crippen molar-refractivity contribution < 1.29 is 9.84 Å². The van der Waals surface area contributed by atoms with Gasteiger partial charge in [-0.1, -0.05) is 32.4 Å². The molecule has 0 amide bonds. The fourth-order valence-electron chi connectivity index (χ4n) is 1.76. The van der Waals surface area contributed by atoms with Crippen LogP contribution in [0.1, 0.15) is 37.8 Å². The Morgan fingerprint density at radius 2 is 2.12 bits per heavy atom. The van der Waals surface area contributed by atoms with Crippen molar-refractivity contribution >= 4 is 0 Å². The lowest BCUT2D eigenvalue weighted by atomic mass is 9.98. The Bertz CT molecular complexity index is 334. The van der Waals surface area contributed by atoms with Crippen LogP contribution >= 0.6 is 0 Å². The second kappa shape index (κ2) is 7.33. The molecule has 1 rings (SSSR count). The molecule has 0 saturated heterocycles. The largest absolute Gasteiger partial charge is 0.491 e. The van der Waals surface area contributed by atoms with Crippen LogP contribution in [0.5, 0.6) is 5.75 Å². The van der Waals surface area contributed by atoms with Gasteiger partial charge in [0.05, 0.1) is 6.61 Å². The molecule has 0 spiro atoms. The van der Waals surface area contributed by atoms with Gasteiger partial charge in [-0.25, -0.2) is 0 Å². The first-order valence-corrected chi connectivity index (χ1v) is 6.50. The first-order chi connectivity index (χ1) is 8.17. The van der Waals surface area contributed by atoms with E-state index in [1.54, 1.807) is 0 Å². The second-order valence-electron chi connectivity index (χ2n) is 4.74. The zero-order chi connectivity index (χ0) is 12.7. The molecule has 2 nitrogen and oxygen atoms in total. The molecule has 96 valence electrons. The Labute approximate surface area is 105 Å². The molecule has 0 saturated carbocycles. The van der Waals surface area contributed by atoms with Gasteiger partial charge in [-0.3, -0.25) is 0 Å². The molecular formula is C15H24O2. The lowest BCUT2D eigenvalue weighted by Gasteiger charge is -2.13. The molecule has 0 radical (unpaired) electrons. The van der Waals surface area contributed by atoms with Gasteiger partial charge in [0.1, 0.15) is 12.4 Å². The summed E-state index contributed by atoms with van der Waals surface area (Å²) in [7, 11) is 0. The molecule has 1 atom stereocenters. The fraction of sp³-hybridized carbons (Fsp3) is 0.600. The summed E-state index contributed by atoms with van der Waals surface area (Å²) < 4.78 is 5.58. The van der Waals surface area contributed by atoms with E-state index >= 15 is 0 Å². The van der Waals surface area contributed by atoms with Crippen molar-refractivity contribution in [2.75, 3.05) is 13.2 Å². The number of aliphatic hydroxyl groups is 1. The van der Waals surface area contributed by atoms with Gasteiger partial charge in [0.2, 0.25) is 0 Å². The van der Waals surface area contributed by atoms with E-state index in [0.29, 0.717) is 6.61 Å². The van der Waals surface area contributed by atoms with Crippen LogP contribution < -0.4 is 4.74 Å². The van der Waals surface area contributed by atoms with Gasteiger partial charge in [-0.15, -0.1) is 0 Å². The van der Waals surface area contributed by atoms with Crippen molar-refractivity contribution in [3.05, 3.63) is 29.3 Å². The van der Waals surface area contributed by atoms with E-state index < -0.39 is 0 Å². The Hall–Kier alpha value is -1.02. The van der Waals surface area contributed by atoms with Crippen LogP contribution in [-0.2, 0) is 6.42 Å². The number of benzene rings is 1. The van der Waals surface area contributed by atoms with Gasteiger partial charge in [0.15, 0.2) is 0 Å². The molecule has 0 aliphatic heterocycles. The topological polar surface area (TPSA) is 29.5 Å². The number of ether oxygens (including phenoxy) is 1. The lowest BCUT2D eigenvalue weighted by molar-refractivity contribution is 0.200. The van der Waals surface area contributed by atoms with Crippen LogP contribution in [0.2, 0.25) is 0 Å². The van der Waals surface area contributed by atoms with E-state index in [2.05, 4.69) is 39.0 Å². The highest BCUT2D eigenvalue weighted by atomic mass is 16.5. The third kappa shape index (κ3) is 4.78. The summed E-state index contributed by atoms with van der Waals surface area (Å²) in [6.45, 7) is 7.01. The van der Waals surface area contributed by atoms with Crippen molar-refractivity contribution in [1.29, 1.82) is 0 Å². The van der Waals surface area contributed by atoms with Gasteiger partial charge < -0.3 is 9.84 Å². The standard InChI is InChI=1S/C15H24O2/c1-4-12(2)5-7-14-8-6-13(3)11-15(14)17-10-9-16/h6,8,11-12,16H,4-5,7,9-10H2,1-3H3. The van der Waals surface area contributed by atoms with Gasteiger partial charge in [-0.2, -0.15) is 0 Å². The van der Waals surface area contributed by atoms with Gasteiger partial charge in [0.25, 0.3) is 0 Å². The van der Waals surface area contributed by atoms with Gasteiger partial charge in [-0.05, 0) is 42.9 Å². The smallest absolute Gasteiger partial charge is 0.122 e. The minimum absolute atomic E-state index is 0.0682. The average molecular weight is 236 g/mol. The summed E-state index contributed by atoms with van der Waals surface area (Å²) in [4.78, 5) is 0. The molecule has 1 aromatic rings. The first kappa shape index (κ1) is 14.0. The molecule has 17 heavy (non-hydrogen) atoms. The maximum absolute atomic E-state index is 8.82. The minimum Gasteiger partial charge on any atom is -0.491 e. The van der Waals surface area contributed by atoms with Crippen molar-refractivity contribution in [3.8, 4) is 5.75 Å². The van der Waals surface area contributed by atoms with Crippen molar-refractivity contribution in [3.63, 3.8) is 0 Å². The van der Waals surface area contributed by atoms with Gasteiger partial charge >= 0.3 is 0 Å². The maximum Gasteiger partial charge on any atom is 0.122 e. The molecule has 0 aliphatic rings. The third-order valence-corrected chi connectivity index (χ3v) is 3.17. The van der Waals surface area contributed by atoms with E-state index in [1.165, 1.54) is 24.0 Å². The minimum atomic E-state index is 0.0682. The third-order valence-electron chi connectivity index (χ3n) is 3.17. The molecule has 1 aromatic carbocycles. The highest BCUT2D eigenvalue weighted by molar-refractivity contribution is 5.37. The van der Waals surface area contributed by atoms with E-state index in [0.717, 1.165) is 18.1 Å². The predicted molar refractivity (Wildman–Crippen MR) is 71.5 cm³/mol. The zero-order valence-electron chi connectivity index (χ0n) is 11.2. The molecule has 0 aliphatic carbocycles. The normalized spacial score (nSPS) is 12.5. The van der Waals surface area contributed by atoms with Crippen LogP contribution in [0.4, 0.5) is 0 Å². The van der Waals surface area contributed by atoms with Crippen LogP contribution in [0, 0.1) is 12.8 Å². The fourth-order valence-corrected chi connectivity index (χ4v) is 1.76. The number of aryl methyl sites for hydroxylation is 2. The zero-order valence-corrected chi connectivity index (χ0v) is 11.2. The summed E-state index contributed by atoms with van der Waals surface area (Å²) >= 11 is 0. The van der Waals surface area contributed by atoms with E-state index in [-0.39, 0.29) is 6.61 Å². The van der Waals surface area contributed by atoms with Crippen molar-refractivity contribution in [2.24, 2.45) is 5.92 Å². The van der Waals surface area contributed by atoms with E-state index in [4.69, 9.17) is 9.84 Å². The molecule has 0 aromatic heterocycles. The van der Waals surface area contributed by atoms with Crippen LogP contribution in [0.25, 0.3) is 0 Å². The number of aliphatic hydroxyl groups excluding tert-OH is 1. The molecular weight excluding hydrogens is 212 g/mol. The summed E-state index contributed by atoms with van der Waals surface area (Å²) in [5, 5.41) is 8.82. The predicted octanol–water partition coefficient (Wildman–Crippen LogP) is 3.34. The van der Waals surface area contributed by atoms with E-state index in [9.17, 15) is 0 Å². The molecule has 0 heterocycles. The summed E-state index contributed by atoms with van der Waals surface area (Å²) in [5.74, 6) is 1.68. The Kier molecular flexibility index (Phi) is 6.06. The monoisotopic (exact) mass is 236 g/mol. The number of hydrogen-bond donors (Lipinski definition) is 1. The van der Waals surface area contributed by atoms with Crippen molar-refractivity contribution in [1.82, 2.24) is 0 Å². The average Bonchev–Trinajstić information content (AvgIpc) is 2.34. The number of rotatable bonds is 7. The molecule has 0 bridgehead atoms. The van der Waals surface area contributed by atoms with E-state index in [1.807, 2.05) is 0 Å². The van der Waals surface area contributed by atoms with Crippen LogP contribution in [0.3, 0.4) is 0 Å². The second-order valence-corrected chi connectivity index (χ2v) is 4.74. The van der Waals surface area contributed by atoms with Gasteiger partial charge in [0, 0.05) is 0 Å². The lowest BCUT2D eigenvalue weighted by Crippen LogP contribution is -2.05. The molecule has 1 N–H and O–H groups in total. The maximum atomic E-state index is 8.82. The van der Waals surface area contributed by atoms with Crippen molar-refractivity contribution in [2.45, 2.75) is 40.0 Å². The summed E-state index contributed by atoms with van der Waals surface area (Å²) in [6.07, 6.45) is 3.46. The van der Waals surface area contributed by atoms with Crippen LogP contribution in [-0.4, -0.2) is 18.3 Å². The first-order valence-electron chi connectivity index (χ1n) is 6.50. The molecule has 0 fully saturated rings. The molecule has 2 heteroatoms. The highest BCUT2D eigenvalue weighted by Gasteiger charge is 2.06. The summed E-state index contributed by atoms with van der Waals surface area (Å²) in [6, 6.07) is 6.32. The Morgan fingerprint density at radius 3 is 2.76 bits per heavy atom. The number of hydrogen-bond acceptors (Lipinski definition) is 2. The van der Waals surface area contributed by atoms with Crippen LogP contribution in [0.15, 0.2) is 18.2 Å². The highest BCUT2D eigenvalue weighted by Crippen LogP contribution is 2.23. The summed E-state index contributed by atoms with van der Waals surface area (Å²) in [5.41, 5.74) is 2.45. The molecule has 1 unspecified atom stereocenters.